The summed E-state index contributed by atoms with van der Waals surface area (Å²) in [5.41, 5.74) is -0.215. The lowest BCUT2D eigenvalue weighted by molar-refractivity contribution is 0.0770. The Kier molecular flexibility index (Phi) is 4.60. The van der Waals surface area contributed by atoms with Gasteiger partial charge in [-0.05, 0) is 31.6 Å². The van der Waals surface area contributed by atoms with Gasteiger partial charge in [-0.3, -0.25) is 9.69 Å². The molecule has 5 heteroatoms. The van der Waals surface area contributed by atoms with Gasteiger partial charge in [0.1, 0.15) is 17.1 Å². The molecule has 1 atom stereocenters. The summed E-state index contributed by atoms with van der Waals surface area (Å²) in [5, 5.41) is 9.69. The Labute approximate surface area is 118 Å². The fraction of sp³-hybridized carbons (Fsp3) is 0.533. The van der Waals surface area contributed by atoms with E-state index in [1.807, 2.05) is 0 Å². The molecule has 0 spiro atoms. The smallest absolute Gasteiger partial charge is 0.260 e. The molecule has 4 nitrogen and oxygen atoms in total. The minimum atomic E-state index is -0.665. The number of hydrogen-bond donors (Lipinski definition) is 1. The molecule has 20 heavy (non-hydrogen) atoms. The highest BCUT2D eigenvalue weighted by Crippen LogP contribution is 2.24. The Hall–Kier alpha value is -1.62. The zero-order valence-corrected chi connectivity index (χ0v) is 12.0. The first-order valence-corrected chi connectivity index (χ1v) is 7.09. The first kappa shape index (κ1) is 14.8. The summed E-state index contributed by atoms with van der Waals surface area (Å²) in [6, 6.07) is 4.26. The summed E-state index contributed by atoms with van der Waals surface area (Å²) >= 11 is 0. The highest BCUT2D eigenvalue weighted by Gasteiger charge is 2.31. The molecule has 1 aliphatic heterocycles. The van der Waals surface area contributed by atoms with Crippen LogP contribution in [0.2, 0.25) is 0 Å². The van der Waals surface area contributed by atoms with Crippen LogP contribution in [0, 0.1) is 5.82 Å². The number of aromatic hydroxyl groups is 1. The molecule has 1 unspecified atom stereocenters. The molecular weight excluding hydrogens is 259 g/mol. The van der Waals surface area contributed by atoms with Crippen LogP contribution in [0.1, 0.15) is 30.6 Å². The van der Waals surface area contributed by atoms with Gasteiger partial charge >= 0.3 is 0 Å². The van der Waals surface area contributed by atoms with Gasteiger partial charge in [-0.1, -0.05) is 19.9 Å². The second kappa shape index (κ2) is 6.22. The van der Waals surface area contributed by atoms with Gasteiger partial charge in [-0.15, -0.1) is 0 Å². The van der Waals surface area contributed by atoms with Crippen molar-refractivity contribution in [2.75, 3.05) is 26.2 Å². The second-order valence-electron chi connectivity index (χ2n) is 5.05. The average Bonchev–Trinajstić information content (AvgIpc) is 2.89. The summed E-state index contributed by atoms with van der Waals surface area (Å²) in [4.78, 5) is 16.3. The number of benzene rings is 1. The van der Waals surface area contributed by atoms with Crippen LogP contribution in [0.25, 0.3) is 0 Å². The predicted molar refractivity (Wildman–Crippen MR) is 75.3 cm³/mol. The van der Waals surface area contributed by atoms with E-state index in [1.165, 1.54) is 18.2 Å². The number of likely N-dealkylation sites (tertiary alicyclic amines) is 1. The van der Waals surface area contributed by atoms with Crippen molar-refractivity contribution in [3.8, 4) is 5.75 Å². The zero-order valence-electron chi connectivity index (χ0n) is 12.0. The second-order valence-corrected chi connectivity index (χ2v) is 5.05. The number of carbonyl (C=O) groups excluding carboxylic acids is 1. The molecule has 1 N–H and O–H groups in total. The molecule has 0 aliphatic carbocycles. The van der Waals surface area contributed by atoms with Crippen LogP contribution in [0.4, 0.5) is 4.39 Å². The standard InChI is InChI=1S/C15H21FN2O2/c1-3-17(4-2)11-8-9-18(10-11)15(20)14-12(16)6-5-7-13(14)19/h5-7,11,19H,3-4,8-10H2,1-2H3. The van der Waals surface area contributed by atoms with Crippen LogP contribution in [0.15, 0.2) is 18.2 Å². The van der Waals surface area contributed by atoms with E-state index in [4.69, 9.17) is 0 Å². The molecule has 1 aromatic rings. The molecule has 1 amide bonds. The first-order valence-electron chi connectivity index (χ1n) is 7.09. The van der Waals surface area contributed by atoms with Crippen molar-refractivity contribution in [3.05, 3.63) is 29.6 Å². The topological polar surface area (TPSA) is 43.8 Å². The molecule has 0 bridgehead atoms. The Morgan fingerprint density at radius 3 is 2.75 bits per heavy atom. The third kappa shape index (κ3) is 2.77. The van der Waals surface area contributed by atoms with Crippen molar-refractivity contribution in [1.29, 1.82) is 0 Å². The first-order chi connectivity index (χ1) is 9.58. The molecular formula is C15H21FN2O2. The van der Waals surface area contributed by atoms with Gasteiger partial charge in [0.25, 0.3) is 5.91 Å². The minimum Gasteiger partial charge on any atom is -0.507 e. The lowest BCUT2D eigenvalue weighted by atomic mass is 10.1. The average molecular weight is 280 g/mol. The maximum Gasteiger partial charge on any atom is 0.260 e. The number of amides is 1. The normalized spacial score (nSPS) is 18.8. The fourth-order valence-electron chi connectivity index (χ4n) is 2.85. The number of halogens is 1. The van der Waals surface area contributed by atoms with Gasteiger partial charge in [0.15, 0.2) is 0 Å². The highest BCUT2D eigenvalue weighted by molar-refractivity contribution is 5.97. The third-order valence-corrected chi connectivity index (χ3v) is 3.98. The quantitative estimate of drug-likeness (QED) is 0.918. The summed E-state index contributed by atoms with van der Waals surface area (Å²) in [6.07, 6.45) is 0.892. The molecule has 110 valence electrons. The number of phenolic OH excluding ortho intramolecular Hbond substituents is 1. The predicted octanol–water partition coefficient (Wildman–Crippen LogP) is 2.09. The van der Waals surface area contributed by atoms with Crippen LogP contribution in [0.5, 0.6) is 5.75 Å². The van der Waals surface area contributed by atoms with Gasteiger partial charge < -0.3 is 10.0 Å². The maximum atomic E-state index is 13.7. The van der Waals surface area contributed by atoms with Gasteiger partial charge in [-0.25, -0.2) is 4.39 Å². The van der Waals surface area contributed by atoms with E-state index < -0.39 is 11.7 Å². The largest absolute Gasteiger partial charge is 0.507 e. The fourth-order valence-corrected chi connectivity index (χ4v) is 2.85. The van der Waals surface area contributed by atoms with E-state index >= 15 is 0 Å². The zero-order chi connectivity index (χ0) is 14.7. The molecule has 1 heterocycles. The van der Waals surface area contributed by atoms with E-state index in [1.54, 1.807) is 4.90 Å². The molecule has 1 aliphatic rings. The lowest BCUT2D eigenvalue weighted by Crippen LogP contribution is -2.38. The number of likely N-dealkylation sites (N-methyl/N-ethyl adjacent to an activating group) is 1. The molecule has 0 saturated carbocycles. The number of hydrogen-bond acceptors (Lipinski definition) is 3. The highest BCUT2D eigenvalue weighted by atomic mass is 19.1. The van der Waals surface area contributed by atoms with Crippen LogP contribution in [-0.2, 0) is 0 Å². The molecule has 1 aromatic carbocycles. The maximum absolute atomic E-state index is 13.7. The molecule has 0 aromatic heterocycles. The number of nitrogens with zero attached hydrogens (tertiary/aromatic N) is 2. The van der Waals surface area contributed by atoms with Crippen molar-refractivity contribution < 1.29 is 14.3 Å². The Morgan fingerprint density at radius 2 is 2.15 bits per heavy atom. The number of rotatable bonds is 4. The van der Waals surface area contributed by atoms with Crippen LogP contribution < -0.4 is 0 Å². The lowest BCUT2D eigenvalue weighted by Gasteiger charge is -2.26. The van der Waals surface area contributed by atoms with Crippen molar-refractivity contribution >= 4 is 5.91 Å². The van der Waals surface area contributed by atoms with Crippen molar-refractivity contribution in [2.45, 2.75) is 26.3 Å². The Morgan fingerprint density at radius 1 is 1.45 bits per heavy atom. The van der Waals surface area contributed by atoms with Crippen LogP contribution in [-0.4, -0.2) is 53.0 Å². The van der Waals surface area contributed by atoms with Gasteiger partial charge in [0.05, 0.1) is 0 Å². The summed E-state index contributed by atoms with van der Waals surface area (Å²) in [5.74, 6) is -1.38. The SMILES string of the molecule is CCN(CC)C1CCN(C(=O)c2c(O)cccc2F)C1. The van der Waals surface area contributed by atoms with E-state index in [0.29, 0.717) is 19.1 Å². The summed E-state index contributed by atoms with van der Waals surface area (Å²) in [6.45, 7) is 7.26. The Bertz CT molecular complexity index is 469. The van der Waals surface area contributed by atoms with Crippen LogP contribution >= 0.6 is 0 Å². The third-order valence-electron chi connectivity index (χ3n) is 3.98. The van der Waals surface area contributed by atoms with E-state index in [-0.39, 0.29) is 11.3 Å². The van der Waals surface area contributed by atoms with Gasteiger partial charge in [-0.2, -0.15) is 0 Å². The number of carbonyl (C=O) groups is 1. The van der Waals surface area contributed by atoms with Crippen molar-refractivity contribution in [3.63, 3.8) is 0 Å². The minimum absolute atomic E-state index is 0.215. The molecule has 1 saturated heterocycles. The molecule has 1 fully saturated rings. The van der Waals surface area contributed by atoms with E-state index in [9.17, 15) is 14.3 Å². The van der Waals surface area contributed by atoms with Gasteiger partial charge in [0, 0.05) is 19.1 Å². The van der Waals surface area contributed by atoms with Gasteiger partial charge in [0.2, 0.25) is 0 Å². The number of phenols is 1. The molecule has 0 radical (unpaired) electrons. The van der Waals surface area contributed by atoms with Crippen molar-refractivity contribution in [2.24, 2.45) is 0 Å². The molecule has 2 rings (SSSR count). The monoisotopic (exact) mass is 280 g/mol. The van der Waals surface area contributed by atoms with Crippen molar-refractivity contribution in [1.82, 2.24) is 9.80 Å². The summed E-state index contributed by atoms with van der Waals surface area (Å²) in [7, 11) is 0. The van der Waals surface area contributed by atoms with E-state index in [2.05, 4.69) is 18.7 Å². The van der Waals surface area contributed by atoms with E-state index in [0.717, 1.165) is 19.5 Å². The summed E-state index contributed by atoms with van der Waals surface area (Å²) < 4.78 is 13.7. The van der Waals surface area contributed by atoms with Crippen LogP contribution in [0.3, 0.4) is 0 Å². The Balaban J connectivity index is 2.12.